The van der Waals surface area contributed by atoms with E-state index >= 15 is 0 Å². The van der Waals surface area contributed by atoms with Gasteiger partial charge in [-0.15, -0.1) is 0 Å². The Morgan fingerprint density at radius 2 is 2.05 bits per heavy atom. The van der Waals surface area contributed by atoms with Crippen LogP contribution in [0.1, 0.15) is 24.8 Å². The maximum atomic E-state index is 12.8. The molecule has 0 spiro atoms. The minimum Gasteiger partial charge on any atom is -0.385 e. The highest BCUT2D eigenvalue weighted by atomic mass is 16.2. The summed E-state index contributed by atoms with van der Waals surface area (Å²) in [6, 6.07) is 7.55. The Balaban J connectivity index is 1.86. The van der Waals surface area contributed by atoms with Gasteiger partial charge in [0.05, 0.1) is 5.92 Å². The van der Waals surface area contributed by atoms with Gasteiger partial charge in [0, 0.05) is 25.3 Å². The van der Waals surface area contributed by atoms with Crippen LogP contribution in [0.4, 0.5) is 5.69 Å². The monoisotopic (exact) mass is 273 g/mol. The zero-order chi connectivity index (χ0) is 14.1. The van der Waals surface area contributed by atoms with Crippen LogP contribution in [0, 0.1) is 0 Å². The van der Waals surface area contributed by atoms with Gasteiger partial charge in [-0.1, -0.05) is 18.2 Å². The molecule has 1 aromatic rings. The molecule has 2 unspecified atom stereocenters. The SMILES string of the molecule is CC1C(=O)NCCN1C(=O)C1CCNc2ccccc21. The van der Waals surface area contributed by atoms with E-state index in [0.29, 0.717) is 13.1 Å². The largest absolute Gasteiger partial charge is 0.385 e. The highest BCUT2D eigenvalue weighted by molar-refractivity contribution is 5.92. The Morgan fingerprint density at radius 3 is 2.90 bits per heavy atom. The average Bonchev–Trinajstić information content (AvgIpc) is 2.49. The molecule has 106 valence electrons. The number of nitrogens with zero attached hydrogens (tertiary/aromatic N) is 1. The van der Waals surface area contributed by atoms with Crippen molar-refractivity contribution in [1.82, 2.24) is 10.2 Å². The third-order valence-electron chi connectivity index (χ3n) is 4.16. The molecule has 1 aromatic carbocycles. The molecule has 5 heteroatoms. The minimum absolute atomic E-state index is 0.0631. The summed E-state index contributed by atoms with van der Waals surface area (Å²) in [4.78, 5) is 26.2. The Labute approximate surface area is 118 Å². The van der Waals surface area contributed by atoms with Gasteiger partial charge in [-0.25, -0.2) is 0 Å². The molecule has 0 aliphatic carbocycles. The second-order valence-electron chi connectivity index (χ2n) is 5.35. The number of nitrogens with one attached hydrogen (secondary N) is 2. The van der Waals surface area contributed by atoms with E-state index in [1.54, 1.807) is 11.8 Å². The molecule has 0 radical (unpaired) electrons. The number of carbonyl (C=O) groups excluding carboxylic acids is 2. The van der Waals surface area contributed by atoms with E-state index in [1.165, 1.54) is 0 Å². The van der Waals surface area contributed by atoms with Gasteiger partial charge in [-0.05, 0) is 25.0 Å². The summed E-state index contributed by atoms with van der Waals surface area (Å²) < 4.78 is 0. The second-order valence-corrected chi connectivity index (χ2v) is 5.35. The number of rotatable bonds is 1. The maximum Gasteiger partial charge on any atom is 0.242 e. The Hall–Kier alpha value is -2.04. The number of hydrogen-bond acceptors (Lipinski definition) is 3. The molecule has 2 heterocycles. The van der Waals surface area contributed by atoms with Crippen LogP contribution in [0.15, 0.2) is 24.3 Å². The Kier molecular flexibility index (Phi) is 3.34. The molecule has 5 nitrogen and oxygen atoms in total. The molecule has 2 atom stereocenters. The van der Waals surface area contributed by atoms with E-state index in [4.69, 9.17) is 0 Å². The normalized spacial score (nSPS) is 25.4. The summed E-state index contributed by atoms with van der Waals surface area (Å²) in [5.41, 5.74) is 2.08. The van der Waals surface area contributed by atoms with Crippen LogP contribution in [0.3, 0.4) is 0 Å². The lowest BCUT2D eigenvalue weighted by Gasteiger charge is -2.37. The first-order valence-corrected chi connectivity index (χ1v) is 7.09. The Bertz CT molecular complexity index is 544. The molecule has 2 aliphatic rings. The fourth-order valence-corrected chi connectivity index (χ4v) is 3.01. The fourth-order valence-electron chi connectivity index (χ4n) is 3.01. The molecule has 0 bridgehead atoms. The number of hydrogen-bond donors (Lipinski definition) is 2. The van der Waals surface area contributed by atoms with E-state index in [0.717, 1.165) is 24.2 Å². The molecule has 1 saturated heterocycles. The molecule has 2 N–H and O–H groups in total. The molecule has 2 amide bonds. The van der Waals surface area contributed by atoms with Gasteiger partial charge in [-0.3, -0.25) is 9.59 Å². The van der Waals surface area contributed by atoms with E-state index in [9.17, 15) is 9.59 Å². The van der Waals surface area contributed by atoms with Gasteiger partial charge >= 0.3 is 0 Å². The molecular formula is C15H19N3O2. The van der Waals surface area contributed by atoms with Gasteiger partial charge < -0.3 is 15.5 Å². The number of carbonyl (C=O) groups is 2. The van der Waals surface area contributed by atoms with Crippen LogP contribution < -0.4 is 10.6 Å². The molecule has 2 aliphatic heterocycles. The van der Waals surface area contributed by atoms with Gasteiger partial charge in [0.1, 0.15) is 6.04 Å². The summed E-state index contributed by atoms with van der Waals surface area (Å²) >= 11 is 0. The van der Waals surface area contributed by atoms with Crippen LogP contribution in [-0.4, -0.2) is 42.4 Å². The number of piperazine rings is 1. The third kappa shape index (κ3) is 2.13. The summed E-state index contributed by atoms with van der Waals surface area (Å²) in [6.07, 6.45) is 0.778. The van der Waals surface area contributed by atoms with Crippen LogP contribution in [0.5, 0.6) is 0 Å². The number of fused-ring (bicyclic) bond motifs is 1. The van der Waals surface area contributed by atoms with Crippen molar-refractivity contribution in [2.45, 2.75) is 25.3 Å². The number of amides is 2. The summed E-state index contributed by atoms with van der Waals surface area (Å²) in [5.74, 6) is -0.131. The lowest BCUT2D eigenvalue weighted by Crippen LogP contribution is -2.57. The van der Waals surface area contributed by atoms with E-state index in [2.05, 4.69) is 10.6 Å². The van der Waals surface area contributed by atoms with Crippen LogP contribution in [-0.2, 0) is 9.59 Å². The topological polar surface area (TPSA) is 61.4 Å². The molecule has 3 rings (SSSR count). The van der Waals surface area contributed by atoms with Gasteiger partial charge in [0.15, 0.2) is 0 Å². The van der Waals surface area contributed by atoms with E-state index in [1.807, 2.05) is 24.3 Å². The van der Waals surface area contributed by atoms with Crippen molar-refractivity contribution in [2.75, 3.05) is 25.0 Å². The van der Waals surface area contributed by atoms with E-state index < -0.39 is 0 Å². The first-order valence-electron chi connectivity index (χ1n) is 7.09. The van der Waals surface area contributed by atoms with Crippen molar-refractivity contribution in [1.29, 1.82) is 0 Å². The third-order valence-corrected chi connectivity index (χ3v) is 4.16. The first-order chi connectivity index (χ1) is 9.68. The molecule has 0 aromatic heterocycles. The van der Waals surface area contributed by atoms with Crippen LogP contribution >= 0.6 is 0 Å². The smallest absolute Gasteiger partial charge is 0.242 e. The molecule has 0 saturated carbocycles. The van der Waals surface area contributed by atoms with E-state index in [-0.39, 0.29) is 23.8 Å². The van der Waals surface area contributed by atoms with Crippen molar-refractivity contribution in [2.24, 2.45) is 0 Å². The summed E-state index contributed by atoms with van der Waals surface area (Å²) in [7, 11) is 0. The Morgan fingerprint density at radius 1 is 1.25 bits per heavy atom. The molecule has 1 fully saturated rings. The lowest BCUT2D eigenvalue weighted by molar-refractivity contribution is -0.143. The lowest BCUT2D eigenvalue weighted by atomic mass is 9.89. The van der Waals surface area contributed by atoms with Crippen LogP contribution in [0.25, 0.3) is 0 Å². The first kappa shape index (κ1) is 13.0. The van der Waals surface area contributed by atoms with Gasteiger partial charge in [-0.2, -0.15) is 0 Å². The highest BCUT2D eigenvalue weighted by Gasteiger charge is 2.35. The van der Waals surface area contributed by atoms with Crippen molar-refractivity contribution in [3.05, 3.63) is 29.8 Å². The predicted octanol–water partition coefficient (Wildman–Crippen LogP) is 0.933. The minimum atomic E-state index is -0.377. The second kappa shape index (κ2) is 5.15. The van der Waals surface area contributed by atoms with Crippen molar-refractivity contribution >= 4 is 17.5 Å². The van der Waals surface area contributed by atoms with Crippen molar-refractivity contribution in [3.63, 3.8) is 0 Å². The van der Waals surface area contributed by atoms with Crippen molar-refractivity contribution in [3.8, 4) is 0 Å². The zero-order valence-corrected chi connectivity index (χ0v) is 11.6. The number of benzene rings is 1. The predicted molar refractivity (Wildman–Crippen MR) is 76.5 cm³/mol. The van der Waals surface area contributed by atoms with Crippen LogP contribution in [0.2, 0.25) is 0 Å². The number of anilines is 1. The fraction of sp³-hybridized carbons (Fsp3) is 0.467. The summed E-state index contributed by atoms with van der Waals surface area (Å²) in [6.45, 7) is 3.72. The number of para-hydroxylation sites is 1. The van der Waals surface area contributed by atoms with Gasteiger partial charge in [0.25, 0.3) is 0 Å². The molecular weight excluding hydrogens is 254 g/mol. The highest BCUT2D eigenvalue weighted by Crippen LogP contribution is 2.33. The van der Waals surface area contributed by atoms with Crippen molar-refractivity contribution < 1.29 is 9.59 Å². The standard InChI is InChI=1S/C15H19N3O2/c1-10-14(19)17-8-9-18(10)15(20)12-6-7-16-13-5-3-2-4-11(12)13/h2-5,10,12,16H,6-9H2,1H3,(H,17,19). The maximum absolute atomic E-state index is 12.8. The average molecular weight is 273 g/mol. The molecule has 20 heavy (non-hydrogen) atoms. The zero-order valence-electron chi connectivity index (χ0n) is 11.6. The quantitative estimate of drug-likeness (QED) is 0.800. The van der Waals surface area contributed by atoms with Gasteiger partial charge in [0.2, 0.25) is 11.8 Å². The summed E-state index contributed by atoms with van der Waals surface area (Å²) in [5, 5.41) is 6.11.